The molecule has 1 aromatic carbocycles. The molecule has 3 rings (SSSR count). The fourth-order valence-corrected chi connectivity index (χ4v) is 4.53. The van der Waals surface area contributed by atoms with E-state index in [2.05, 4.69) is 35.3 Å². The Hall–Kier alpha value is -2.24. The van der Waals surface area contributed by atoms with Crippen LogP contribution in [0, 0.1) is 0 Å². The molecule has 28 heavy (non-hydrogen) atoms. The summed E-state index contributed by atoms with van der Waals surface area (Å²) in [7, 11) is 1.75. The van der Waals surface area contributed by atoms with Gasteiger partial charge < -0.3 is 19.9 Å². The van der Waals surface area contributed by atoms with Gasteiger partial charge in [-0.1, -0.05) is 31.0 Å². The van der Waals surface area contributed by atoms with Gasteiger partial charge >= 0.3 is 0 Å². The van der Waals surface area contributed by atoms with Gasteiger partial charge in [-0.05, 0) is 25.8 Å². The third kappa shape index (κ3) is 4.42. The lowest BCUT2D eigenvalue weighted by atomic mass is 9.78. The largest absolute Gasteiger partial charge is 0.496 e. The minimum Gasteiger partial charge on any atom is -0.496 e. The first-order valence-corrected chi connectivity index (χ1v) is 10.5. The highest BCUT2D eigenvalue weighted by Crippen LogP contribution is 2.44. The Morgan fingerprint density at radius 3 is 2.39 bits per heavy atom. The zero-order chi connectivity index (χ0) is 20.0. The number of carbonyl (C=O) groups excluding carboxylic acids is 1. The van der Waals surface area contributed by atoms with Gasteiger partial charge in [-0.3, -0.25) is 9.79 Å². The molecule has 6 nitrogen and oxygen atoms in total. The van der Waals surface area contributed by atoms with Crippen LogP contribution in [-0.4, -0.2) is 68.0 Å². The zero-order valence-corrected chi connectivity index (χ0v) is 17.5. The van der Waals surface area contributed by atoms with Crippen LogP contribution in [0.1, 0.15) is 45.1 Å². The van der Waals surface area contributed by atoms with Gasteiger partial charge in [0, 0.05) is 50.6 Å². The minimum atomic E-state index is 0.0501. The number of rotatable bonds is 5. The number of piperazine rings is 1. The highest BCUT2D eigenvalue weighted by molar-refractivity contribution is 5.80. The lowest BCUT2D eigenvalue weighted by Crippen LogP contribution is -2.53. The number of carbonyl (C=O) groups is 1. The number of aliphatic imine (C=N–C) groups is 1. The summed E-state index contributed by atoms with van der Waals surface area (Å²) in [5.41, 5.74) is 1.34. The summed E-state index contributed by atoms with van der Waals surface area (Å²) in [6.07, 6.45) is 4.77. The monoisotopic (exact) mass is 386 g/mol. The van der Waals surface area contributed by atoms with E-state index < -0.39 is 0 Å². The van der Waals surface area contributed by atoms with Gasteiger partial charge in [-0.25, -0.2) is 0 Å². The summed E-state index contributed by atoms with van der Waals surface area (Å²) in [5, 5.41) is 3.46. The SMILES string of the molecule is CCNC(=NCC1(c2ccccc2OC)CCCC1)N1CCN(C(C)=O)CC1. The first-order chi connectivity index (χ1) is 13.6. The van der Waals surface area contributed by atoms with Gasteiger partial charge in [0.05, 0.1) is 13.7 Å². The maximum absolute atomic E-state index is 11.6. The number of ether oxygens (including phenoxy) is 1. The standard InChI is InChI=1S/C22H34N4O2/c1-4-23-21(26-15-13-25(14-16-26)18(2)27)24-17-22(11-7-8-12-22)19-9-5-6-10-20(19)28-3/h5-6,9-10H,4,7-8,11-17H2,1-3H3,(H,23,24). The fourth-order valence-electron chi connectivity index (χ4n) is 4.53. The van der Waals surface area contributed by atoms with Gasteiger partial charge in [-0.2, -0.15) is 0 Å². The molecule has 1 aliphatic heterocycles. The van der Waals surface area contributed by atoms with Crippen molar-refractivity contribution in [3.05, 3.63) is 29.8 Å². The van der Waals surface area contributed by atoms with E-state index in [4.69, 9.17) is 9.73 Å². The first-order valence-electron chi connectivity index (χ1n) is 10.5. The molecule has 1 aromatic rings. The van der Waals surface area contributed by atoms with E-state index in [0.29, 0.717) is 0 Å². The number of hydrogen-bond acceptors (Lipinski definition) is 3. The van der Waals surface area contributed by atoms with E-state index in [-0.39, 0.29) is 11.3 Å². The maximum Gasteiger partial charge on any atom is 0.219 e. The predicted octanol–water partition coefficient (Wildman–Crippen LogP) is 2.64. The zero-order valence-electron chi connectivity index (χ0n) is 17.5. The Morgan fingerprint density at radius 2 is 1.79 bits per heavy atom. The van der Waals surface area contributed by atoms with Gasteiger partial charge in [0.2, 0.25) is 5.91 Å². The Kier molecular flexibility index (Phi) is 6.81. The van der Waals surface area contributed by atoms with Crippen LogP contribution in [0.5, 0.6) is 5.75 Å². The Morgan fingerprint density at radius 1 is 1.14 bits per heavy atom. The van der Waals surface area contributed by atoms with Crippen molar-refractivity contribution in [2.45, 2.75) is 44.9 Å². The lowest BCUT2D eigenvalue weighted by molar-refractivity contribution is -0.130. The van der Waals surface area contributed by atoms with E-state index in [0.717, 1.165) is 63.8 Å². The molecule has 0 radical (unpaired) electrons. The van der Waals surface area contributed by atoms with Crippen molar-refractivity contribution in [2.75, 3.05) is 46.4 Å². The van der Waals surface area contributed by atoms with Crippen LogP contribution in [0.15, 0.2) is 29.3 Å². The number of benzene rings is 1. The van der Waals surface area contributed by atoms with Crippen LogP contribution in [-0.2, 0) is 10.2 Å². The molecule has 0 atom stereocenters. The molecular weight excluding hydrogens is 352 g/mol. The van der Waals surface area contributed by atoms with Crippen LogP contribution < -0.4 is 10.1 Å². The number of methoxy groups -OCH3 is 1. The van der Waals surface area contributed by atoms with Crippen molar-refractivity contribution in [3.8, 4) is 5.75 Å². The summed E-state index contributed by atoms with van der Waals surface area (Å²) in [6.45, 7) is 8.53. The molecule has 2 aliphatic rings. The van der Waals surface area contributed by atoms with Gasteiger partial charge in [0.25, 0.3) is 0 Å². The van der Waals surface area contributed by atoms with Crippen molar-refractivity contribution in [1.29, 1.82) is 0 Å². The molecule has 1 saturated carbocycles. The maximum atomic E-state index is 11.6. The normalized spacial score (nSPS) is 19.6. The Bertz CT molecular complexity index is 690. The summed E-state index contributed by atoms with van der Waals surface area (Å²) in [4.78, 5) is 20.9. The number of hydrogen-bond donors (Lipinski definition) is 1. The highest BCUT2D eigenvalue weighted by Gasteiger charge is 2.38. The second kappa shape index (κ2) is 9.30. The lowest BCUT2D eigenvalue weighted by Gasteiger charge is -2.37. The smallest absolute Gasteiger partial charge is 0.219 e. The molecular formula is C22H34N4O2. The second-order valence-electron chi connectivity index (χ2n) is 7.85. The Balaban J connectivity index is 1.79. The fraction of sp³-hybridized carbons (Fsp3) is 0.636. The molecule has 0 aromatic heterocycles. The minimum absolute atomic E-state index is 0.0501. The molecule has 154 valence electrons. The average Bonchev–Trinajstić information content (AvgIpc) is 3.21. The molecule has 0 spiro atoms. The number of amides is 1. The molecule has 2 fully saturated rings. The van der Waals surface area contributed by atoms with Crippen molar-refractivity contribution >= 4 is 11.9 Å². The molecule has 1 heterocycles. The van der Waals surface area contributed by atoms with Crippen LogP contribution in [0.2, 0.25) is 0 Å². The van der Waals surface area contributed by atoms with Crippen molar-refractivity contribution in [3.63, 3.8) is 0 Å². The van der Waals surface area contributed by atoms with Crippen LogP contribution in [0.3, 0.4) is 0 Å². The molecule has 1 saturated heterocycles. The van der Waals surface area contributed by atoms with Gasteiger partial charge in [-0.15, -0.1) is 0 Å². The first kappa shape index (κ1) is 20.5. The number of guanidine groups is 1. The van der Waals surface area contributed by atoms with Crippen molar-refractivity contribution in [2.24, 2.45) is 4.99 Å². The number of nitrogens with zero attached hydrogens (tertiary/aromatic N) is 3. The molecule has 0 unspecified atom stereocenters. The predicted molar refractivity (Wildman–Crippen MR) is 113 cm³/mol. The van der Waals surface area contributed by atoms with Crippen molar-refractivity contribution in [1.82, 2.24) is 15.1 Å². The summed E-state index contributed by atoms with van der Waals surface area (Å²) < 4.78 is 5.68. The van der Waals surface area contributed by atoms with Crippen LogP contribution in [0.4, 0.5) is 0 Å². The summed E-state index contributed by atoms with van der Waals surface area (Å²) in [6, 6.07) is 8.41. The molecule has 1 N–H and O–H groups in total. The van der Waals surface area contributed by atoms with Crippen molar-refractivity contribution < 1.29 is 9.53 Å². The van der Waals surface area contributed by atoms with Crippen LogP contribution in [0.25, 0.3) is 0 Å². The van der Waals surface area contributed by atoms with Gasteiger partial charge in [0.1, 0.15) is 5.75 Å². The summed E-state index contributed by atoms with van der Waals surface area (Å²) >= 11 is 0. The molecule has 0 bridgehead atoms. The number of para-hydroxylation sites is 1. The van der Waals surface area contributed by atoms with E-state index >= 15 is 0 Å². The summed E-state index contributed by atoms with van der Waals surface area (Å²) in [5.74, 6) is 2.09. The second-order valence-corrected chi connectivity index (χ2v) is 7.85. The third-order valence-corrected chi connectivity index (χ3v) is 6.13. The third-order valence-electron chi connectivity index (χ3n) is 6.13. The van der Waals surface area contributed by atoms with Gasteiger partial charge in [0.15, 0.2) is 5.96 Å². The van der Waals surface area contributed by atoms with E-state index in [1.807, 2.05) is 11.0 Å². The van der Waals surface area contributed by atoms with E-state index in [9.17, 15) is 4.79 Å². The van der Waals surface area contributed by atoms with Crippen LogP contribution >= 0.6 is 0 Å². The topological polar surface area (TPSA) is 57.2 Å². The Labute approximate surface area is 168 Å². The molecule has 1 aliphatic carbocycles. The molecule has 1 amide bonds. The quantitative estimate of drug-likeness (QED) is 0.624. The van der Waals surface area contributed by atoms with E-state index in [1.165, 1.54) is 18.4 Å². The molecule has 6 heteroatoms. The number of nitrogens with one attached hydrogen (secondary N) is 1. The average molecular weight is 387 g/mol. The van der Waals surface area contributed by atoms with E-state index in [1.54, 1.807) is 14.0 Å². The highest BCUT2D eigenvalue weighted by atomic mass is 16.5.